The van der Waals surface area contributed by atoms with Gasteiger partial charge in [0.25, 0.3) is 0 Å². The third-order valence-electron chi connectivity index (χ3n) is 3.52. The van der Waals surface area contributed by atoms with Gasteiger partial charge < -0.3 is 15.1 Å². The fourth-order valence-corrected chi connectivity index (χ4v) is 3.17. The van der Waals surface area contributed by atoms with Crippen LogP contribution in [-0.2, 0) is 9.59 Å². The average Bonchev–Trinajstić information content (AvgIpc) is 3.25. The zero-order chi connectivity index (χ0) is 18.1. The smallest absolute Gasteiger partial charge is 0.244 e. The first-order chi connectivity index (χ1) is 12.0. The summed E-state index contributed by atoms with van der Waals surface area (Å²) in [5, 5.41) is 7.78. The molecule has 0 aromatic carbocycles. The fourth-order valence-electron chi connectivity index (χ4n) is 2.38. The summed E-state index contributed by atoms with van der Waals surface area (Å²) in [6, 6.07) is 7.58. The number of nitrogens with one attached hydrogen (secondary N) is 2. The van der Waals surface area contributed by atoms with Crippen molar-refractivity contribution in [3.05, 3.63) is 52.6 Å². The molecule has 0 radical (unpaired) electrons. The van der Waals surface area contributed by atoms with E-state index in [0.29, 0.717) is 18.2 Å². The van der Waals surface area contributed by atoms with Gasteiger partial charge in [-0.15, -0.1) is 11.3 Å². The van der Waals surface area contributed by atoms with Gasteiger partial charge in [-0.2, -0.15) is 0 Å². The minimum atomic E-state index is -0.249. The highest BCUT2D eigenvalue weighted by Gasteiger charge is 2.16. The Morgan fingerprint density at radius 1 is 1.28 bits per heavy atom. The molecule has 0 saturated carbocycles. The van der Waals surface area contributed by atoms with E-state index < -0.39 is 0 Å². The number of amides is 2. The molecule has 2 amide bonds. The summed E-state index contributed by atoms with van der Waals surface area (Å²) in [6.45, 7) is 4.57. The second-order valence-corrected chi connectivity index (χ2v) is 7.13. The fraction of sp³-hybridized carbons (Fsp3) is 0.368. The Kier molecular flexibility index (Phi) is 7.47. The van der Waals surface area contributed by atoms with Crippen molar-refractivity contribution in [1.82, 2.24) is 10.6 Å². The molecule has 0 bridgehead atoms. The van der Waals surface area contributed by atoms with Crippen LogP contribution in [0.3, 0.4) is 0 Å². The summed E-state index contributed by atoms with van der Waals surface area (Å²) in [5.74, 6) is 0.787. The van der Waals surface area contributed by atoms with Crippen molar-refractivity contribution >= 4 is 29.2 Å². The molecule has 25 heavy (non-hydrogen) atoms. The largest absolute Gasteiger partial charge is 0.465 e. The maximum Gasteiger partial charge on any atom is 0.244 e. The van der Waals surface area contributed by atoms with Crippen LogP contribution in [0, 0.1) is 5.92 Å². The molecule has 2 aromatic rings. The van der Waals surface area contributed by atoms with Crippen LogP contribution in [0.4, 0.5) is 0 Å². The molecule has 2 heterocycles. The number of hydrogen-bond acceptors (Lipinski definition) is 4. The maximum absolute atomic E-state index is 12.2. The molecular weight excluding hydrogens is 336 g/mol. The summed E-state index contributed by atoms with van der Waals surface area (Å²) in [4.78, 5) is 25.0. The molecule has 0 spiro atoms. The van der Waals surface area contributed by atoms with Crippen LogP contribution in [0.25, 0.3) is 6.08 Å². The third-order valence-corrected chi connectivity index (χ3v) is 4.51. The predicted molar refractivity (Wildman–Crippen MR) is 100 cm³/mol. The van der Waals surface area contributed by atoms with Crippen molar-refractivity contribution in [1.29, 1.82) is 0 Å². The zero-order valence-electron chi connectivity index (χ0n) is 14.5. The summed E-state index contributed by atoms with van der Waals surface area (Å²) in [5.41, 5.74) is 0. The highest BCUT2D eigenvalue weighted by molar-refractivity contribution is 7.10. The van der Waals surface area contributed by atoms with E-state index in [1.807, 2.05) is 17.5 Å². The lowest BCUT2D eigenvalue weighted by Gasteiger charge is -2.19. The van der Waals surface area contributed by atoms with Gasteiger partial charge in [0.05, 0.1) is 12.3 Å². The number of furan rings is 1. The molecule has 2 rings (SSSR count). The first-order valence-corrected chi connectivity index (χ1v) is 9.24. The van der Waals surface area contributed by atoms with E-state index in [2.05, 4.69) is 24.5 Å². The van der Waals surface area contributed by atoms with E-state index in [0.717, 1.165) is 11.3 Å². The highest BCUT2D eigenvalue weighted by atomic mass is 32.1. The number of hydrogen-bond donors (Lipinski definition) is 2. The van der Waals surface area contributed by atoms with Crippen LogP contribution in [0.5, 0.6) is 0 Å². The predicted octanol–water partition coefficient (Wildman–Crippen LogP) is 3.76. The van der Waals surface area contributed by atoms with E-state index in [1.54, 1.807) is 35.8 Å². The van der Waals surface area contributed by atoms with E-state index in [4.69, 9.17) is 4.42 Å². The first kappa shape index (κ1) is 19.0. The molecule has 0 aliphatic heterocycles. The van der Waals surface area contributed by atoms with Gasteiger partial charge in [-0.25, -0.2) is 0 Å². The maximum atomic E-state index is 12.2. The second-order valence-electron chi connectivity index (χ2n) is 6.15. The molecule has 2 aromatic heterocycles. The monoisotopic (exact) mass is 360 g/mol. The van der Waals surface area contributed by atoms with Gasteiger partial charge in [0.15, 0.2) is 0 Å². The summed E-state index contributed by atoms with van der Waals surface area (Å²) in [6.07, 6.45) is 5.67. The Bertz CT molecular complexity index is 676. The van der Waals surface area contributed by atoms with Crippen molar-refractivity contribution in [2.24, 2.45) is 5.92 Å². The van der Waals surface area contributed by atoms with Crippen LogP contribution < -0.4 is 10.6 Å². The Morgan fingerprint density at radius 3 is 2.76 bits per heavy atom. The summed E-state index contributed by atoms with van der Waals surface area (Å²) in [7, 11) is 0. The molecule has 0 fully saturated rings. The van der Waals surface area contributed by atoms with Gasteiger partial charge in [-0.1, -0.05) is 19.9 Å². The van der Waals surface area contributed by atoms with Crippen LogP contribution in [0.1, 0.15) is 43.4 Å². The quantitative estimate of drug-likeness (QED) is 0.669. The second kappa shape index (κ2) is 9.84. The number of thiophene rings is 1. The molecular formula is C19H24N2O3S. The molecule has 134 valence electrons. The Hall–Kier alpha value is -2.34. The molecule has 0 aliphatic carbocycles. The van der Waals surface area contributed by atoms with Crippen molar-refractivity contribution in [2.45, 2.75) is 32.7 Å². The van der Waals surface area contributed by atoms with Crippen LogP contribution in [0.2, 0.25) is 0 Å². The Balaban J connectivity index is 1.74. The van der Waals surface area contributed by atoms with Gasteiger partial charge in [0.1, 0.15) is 5.76 Å². The van der Waals surface area contributed by atoms with E-state index >= 15 is 0 Å². The number of carbonyl (C=O) groups excluding carboxylic acids is 2. The van der Waals surface area contributed by atoms with Gasteiger partial charge in [0, 0.05) is 23.9 Å². The lowest BCUT2D eigenvalue weighted by Crippen LogP contribution is -2.32. The van der Waals surface area contributed by atoms with Crippen molar-refractivity contribution < 1.29 is 14.0 Å². The molecule has 1 unspecified atom stereocenters. The van der Waals surface area contributed by atoms with E-state index in [9.17, 15) is 9.59 Å². The summed E-state index contributed by atoms with van der Waals surface area (Å²) >= 11 is 1.65. The Labute approximate surface area is 152 Å². The molecule has 5 nitrogen and oxygen atoms in total. The molecule has 0 saturated heterocycles. The highest BCUT2D eigenvalue weighted by Crippen LogP contribution is 2.25. The van der Waals surface area contributed by atoms with Crippen LogP contribution >= 0.6 is 11.3 Å². The van der Waals surface area contributed by atoms with E-state index in [-0.39, 0.29) is 24.3 Å². The lowest BCUT2D eigenvalue weighted by atomic mass is 10.0. The number of carbonyl (C=O) groups is 2. The molecule has 1 atom stereocenters. The first-order valence-electron chi connectivity index (χ1n) is 8.36. The van der Waals surface area contributed by atoms with E-state index in [1.165, 1.54) is 6.08 Å². The SMILES string of the molecule is CC(C)CC(NC(=O)CCNC(=O)C=Cc1ccco1)c1cccs1. The van der Waals surface area contributed by atoms with Crippen molar-refractivity contribution in [3.8, 4) is 0 Å². The molecule has 2 N–H and O–H groups in total. The topological polar surface area (TPSA) is 71.3 Å². The molecule has 6 heteroatoms. The number of rotatable bonds is 9. The zero-order valence-corrected chi connectivity index (χ0v) is 15.3. The normalized spacial score (nSPS) is 12.4. The Morgan fingerprint density at radius 2 is 2.12 bits per heavy atom. The minimum absolute atomic E-state index is 0.0297. The van der Waals surface area contributed by atoms with Gasteiger partial charge >= 0.3 is 0 Å². The van der Waals surface area contributed by atoms with Gasteiger partial charge in [-0.05, 0) is 42.0 Å². The van der Waals surface area contributed by atoms with Crippen LogP contribution in [-0.4, -0.2) is 18.4 Å². The van der Waals surface area contributed by atoms with Crippen molar-refractivity contribution in [2.75, 3.05) is 6.54 Å². The summed E-state index contributed by atoms with van der Waals surface area (Å²) < 4.78 is 5.11. The minimum Gasteiger partial charge on any atom is -0.465 e. The van der Waals surface area contributed by atoms with Gasteiger partial charge in [0.2, 0.25) is 11.8 Å². The standard InChI is InChI=1S/C19H24N2O3S/c1-14(2)13-16(17-6-4-12-25-17)21-19(23)9-10-20-18(22)8-7-15-5-3-11-24-15/h3-8,11-12,14,16H,9-10,13H2,1-2H3,(H,20,22)(H,21,23). The van der Waals surface area contributed by atoms with Gasteiger partial charge in [-0.3, -0.25) is 9.59 Å². The molecule has 0 aliphatic rings. The average molecular weight is 360 g/mol. The van der Waals surface area contributed by atoms with Crippen molar-refractivity contribution in [3.63, 3.8) is 0 Å². The van der Waals surface area contributed by atoms with Crippen LogP contribution in [0.15, 0.2) is 46.4 Å². The third kappa shape index (κ3) is 6.97. The lowest BCUT2D eigenvalue weighted by molar-refractivity contribution is -0.122.